The molecule has 0 unspecified atom stereocenters. The van der Waals surface area contributed by atoms with Gasteiger partial charge in [-0.25, -0.2) is 0 Å². The molecule has 2 nitrogen and oxygen atoms in total. The maximum atomic E-state index is 6.39. The topological polar surface area (TPSA) is 21.3 Å². The Hall–Kier alpha value is -1.58. The van der Waals surface area contributed by atoms with Gasteiger partial charge in [-0.2, -0.15) is 0 Å². The molecule has 1 N–H and O–H groups in total. The van der Waals surface area contributed by atoms with Gasteiger partial charge in [-0.1, -0.05) is 70.7 Å². The van der Waals surface area contributed by atoms with Crippen molar-refractivity contribution in [1.82, 2.24) is 0 Å². The van der Waals surface area contributed by atoms with Crippen LogP contribution in [0.1, 0.15) is 16.7 Å². The normalized spacial score (nSPS) is 10.7. The Kier molecular flexibility index (Phi) is 6.78. The highest BCUT2D eigenvalue weighted by molar-refractivity contribution is 6.35. The summed E-state index contributed by atoms with van der Waals surface area (Å²) in [4.78, 5) is 0. The third kappa shape index (κ3) is 5.03. The van der Waals surface area contributed by atoms with E-state index in [1.54, 1.807) is 6.07 Å². The van der Waals surface area contributed by atoms with E-state index in [0.29, 0.717) is 39.0 Å². The molecule has 0 aromatic heterocycles. The van der Waals surface area contributed by atoms with Crippen LogP contribution in [-0.4, -0.2) is 0 Å². The number of rotatable bonds is 6. The maximum Gasteiger partial charge on any atom is 0.143 e. The van der Waals surface area contributed by atoms with E-state index in [9.17, 15) is 0 Å². The molecular weight excluding hydrogens is 424 g/mol. The minimum Gasteiger partial charge on any atom is -0.487 e. The molecule has 0 amide bonds. The van der Waals surface area contributed by atoms with Gasteiger partial charge in [0.25, 0.3) is 0 Å². The van der Waals surface area contributed by atoms with Crippen LogP contribution in [0.15, 0.2) is 54.6 Å². The lowest BCUT2D eigenvalue weighted by atomic mass is 10.1. The minimum atomic E-state index is 0.310. The summed E-state index contributed by atoms with van der Waals surface area (Å²) in [7, 11) is 0. The van der Waals surface area contributed by atoms with Crippen LogP contribution < -0.4 is 10.1 Å². The second kappa shape index (κ2) is 9.07. The molecule has 0 aliphatic carbocycles. The first-order valence-corrected chi connectivity index (χ1v) is 9.80. The zero-order valence-corrected chi connectivity index (χ0v) is 17.6. The van der Waals surface area contributed by atoms with Gasteiger partial charge in [0.05, 0.1) is 5.02 Å². The largest absolute Gasteiger partial charge is 0.487 e. The second-order valence-electron chi connectivity index (χ2n) is 6.02. The van der Waals surface area contributed by atoms with E-state index in [2.05, 4.69) is 5.32 Å². The number of nitrogens with one attached hydrogen (secondary N) is 1. The van der Waals surface area contributed by atoms with E-state index in [-0.39, 0.29) is 0 Å². The minimum absolute atomic E-state index is 0.310. The standard InChI is InChI=1S/C21H17Cl4NO/c1-13-17(23)7-4-8-20(13)26-11-15-9-16(22)10-19(25)21(15)27-12-14-5-2-3-6-18(14)24/h2-10,26H,11-12H2,1H3. The molecule has 3 aromatic carbocycles. The summed E-state index contributed by atoms with van der Waals surface area (Å²) in [6, 6.07) is 16.8. The van der Waals surface area contributed by atoms with Crippen LogP contribution >= 0.6 is 46.4 Å². The molecule has 0 fully saturated rings. The van der Waals surface area contributed by atoms with Crippen molar-refractivity contribution in [3.63, 3.8) is 0 Å². The van der Waals surface area contributed by atoms with Crippen molar-refractivity contribution in [3.05, 3.63) is 91.4 Å². The van der Waals surface area contributed by atoms with E-state index in [1.807, 2.05) is 55.5 Å². The van der Waals surface area contributed by atoms with Crippen LogP contribution in [0.2, 0.25) is 20.1 Å². The Labute approximate surface area is 179 Å². The predicted octanol–water partition coefficient (Wildman–Crippen LogP) is 7.80. The Morgan fingerprint density at radius 3 is 2.33 bits per heavy atom. The zero-order valence-electron chi connectivity index (χ0n) is 14.5. The molecule has 0 saturated carbocycles. The molecule has 3 rings (SSSR count). The SMILES string of the molecule is Cc1c(Cl)cccc1NCc1cc(Cl)cc(Cl)c1OCc1ccccc1Cl. The molecular formula is C21H17Cl4NO. The summed E-state index contributed by atoms with van der Waals surface area (Å²) in [5, 5.41) is 5.72. The van der Waals surface area contributed by atoms with Crippen molar-refractivity contribution < 1.29 is 4.74 Å². The van der Waals surface area contributed by atoms with E-state index < -0.39 is 0 Å². The molecule has 0 aliphatic rings. The molecule has 0 atom stereocenters. The van der Waals surface area contributed by atoms with Crippen molar-refractivity contribution in [1.29, 1.82) is 0 Å². The lowest BCUT2D eigenvalue weighted by molar-refractivity contribution is 0.303. The van der Waals surface area contributed by atoms with Gasteiger partial charge in [0.1, 0.15) is 12.4 Å². The van der Waals surface area contributed by atoms with Crippen LogP contribution in [-0.2, 0) is 13.2 Å². The fourth-order valence-corrected chi connectivity index (χ4v) is 3.62. The van der Waals surface area contributed by atoms with Crippen LogP contribution in [0.25, 0.3) is 0 Å². The smallest absolute Gasteiger partial charge is 0.143 e. The lowest BCUT2D eigenvalue weighted by Gasteiger charge is -2.16. The second-order valence-corrected chi connectivity index (χ2v) is 7.68. The lowest BCUT2D eigenvalue weighted by Crippen LogP contribution is -2.05. The molecule has 0 radical (unpaired) electrons. The molecule has 0 saturated heterocycles. The van der Waals surface area contributed by atoms with Gasteiger partial charge in [-0.05, 0) is 42.8 Å². The number of hydrogen-bond donors (Lipinski definition) is 1. The zero-order chi connectivity index (χ0) is 19.4. The molecule has 27 heavy (non-hydrogen) atoms. The molecule has 6 heteroatoms. The molecule has 0 bridgehead atoms. The van der Waals surface area contributed by atoms with Crippen LogP contribution in [0.3, 0.4) is 0 Å². The van der Waals surface area contributed by atoms with Gasteiger partial charge in [-0.3, -0.25) is 0 Å². The van der Waals surface area contributed by atoms with Crippen molar-refractivity contribution in [2.45, 2.75) is 20.1 Å². The molecule has 0 aliphatic heterocycles. The highest BCUT2D eigenvalue weighted by Gasteiger charge is 2.13. The van der Waals surface area contributed by atoms with Crippen molar-refractivity contribution in [3.8, 4) is 5.75 Å². The number of benzene rings is 3. The fraction of sp³-hybridized carbons (Fsp3) is 0.143. The molecule has 140 valence electrons. The third-order valence-corrected chi connectivity index (χ3v) is 5.43. The van der Waals surface area contributed by atoms with E-state index >= 15 is 0 Å². The number of hydrogen-bond acceptors (Lipinski definition) is 2. The quantitative estimate of drug-likeness (QED) is 0.422. The third-order valence-electron chi connectivity index (χ3n) is 4.15. The number of halogens is 4. The summed E-state index contributed by atoms with van der Waals surface area (Å²) < 4.78 is 5.99. The highest BCUT2D eigenvalue weighted by atomic mass is 35.5. The first kappa shape index (κ1) is 20.2. The Morgan fingerprint density at radius 1 is 0.815 bits per heavy atom. The van der Waals surface area contributed by atoms with Gasteiger partial charge < -0.3 is 10.1 Å². The summed E-state index contributed by atoms with van der Waals surface area (Å²) in [5.74, 6) is 0.577. The molecule has 0 heterocycles. The van der Waals surface area contributed by atoms with Crippen LogP contribution in [0.4, 0.5) is 5.69 Å². The number of anilines is 1. The maximum absolute atomic E-state index is 6.39. The van der Waals surface area contributed by atoms with Gasteiger partial charge >= 0.3 is 0 Å². The fourth-order valence-electron chi connectivity index (χ4n) is 2.66. The Morgan fingerprint density at radius 2 is 1.56 bits per heavy atom. The molecule has 0 spiro atoms. The van der Waals surface area contributed by atoms with Crippen molar-refractivity contribution in [2.24, 2.45) is 0 Å². The average Bonchev–Trinajstić information content (AvgIpc) is 2.63. The average molecular weight is 441 g/mol. The summed E-state index contributed by atoms with van der Waals surface area (Å²) in [6.45, 7) is 2.76. The summed E-state index contributed by atoms with van der Waals surface area (Å²) in [6.07, 6.45) is 0. The first-order chi connectivity index (χ1) is 13.0. The Bertz CT molecular complexity index is 959. The van der Waals surface area contributed by atoms with E-state index in [0.717, 1.165) is 22.4 Å². The van der Waals surface area contributed by atoms with E-state index in [1.165, 1.54) is 0 Å². The van der Waals surface area contributed by atoms with Crippen LogP contribution in [0.5, 0.6) is 5.75 Å². The Balaban J connectivity index is 1.82. The van der Waals surface area contributed by atoms with Crippen LogP contribution in [0, 0.1) is 6.92 Å². The van der Waals surface area contributed by atoms with Gasteiger partial charge in [0.15, 0.2) is 0 Å². The number of ether oxygens (including phenoxy) is 1. The van der Waals surface area contributed by atoms with Crippen molar-refractivity contribution >= 4 is 52.1 Å². The summed E-state index contributed by atoms with van der Waals surface area (Å²) >= 11 is 25.0. The molecule has 3 aromatic rings. The summed E-state index contributed by atoms with van der Waals surface area (Å²) in [5.41, 5.74) is 3.65. The van der Waals surface area contributed by atoms with Crippen molar-refractivity contribution in [2.75, 3.05) is 5.32 Å². The van der Waals surface area contributed by atoms with Gasteiger partial charge in [-0.15, -0.1) is 0 Å². The predicted molar refractivity (Wildman–Crippen MR) is 116 cm³/mol. The van der Waals surface area contributed by atoms with E-state index in [4.69, 9.17) is 51.1 Å². The first-order valence-electron chi connectivity index (χ1n) is 8.29. The van der Waals surface area contributed by atoms with Gasteiger partial charge in [0.2, 0.25) is 0 Å². The van der Waals surface area contributed by atoms with Gasteiger partial charge in [0, 0.05) is 38.4 Å². The highest BCUT2D eigenvalue weighted by Crippen LogP contribution is 2.34. The monoisotopic (exact) mass is 439 g/mol.